The van der Waals surface area contributed by atoms with Crippen LogP contribution in [0.5, 0.6) is 5.75 Å². The molecule has 3 heterocycles. The Kier molecular flexibility index (Phi) is 7.00. The van der Waals surface area contributed by atoms with Crippen LogP contribution in [-0.2, 0) is 4.79 Å². The first-order valence-electron chi connectivity index (χ1n) is 11.4. The SMILES string of the molecule is C/C=C/C(=O)N1CCCC1c1nc(-c2ccc(C(=O)Nc3cc(OC)ccn3)cc2)c(C(N)=O)n1N. The van der Waals surface area contributed by atoms with Crippen LogP contribution in [0.1, 0.15) is 52.5 Å². The third-order valence-corrected chi connectivity index (χ3v) is 5.94. The largest absolute Gasteiger partial charge is 0.497 e. The number of primary amides is 1. The molecule has 11 nitrogen and oxygen atoms in total. The minimum atomic E-state index is -0.749. The number of pyridine rings is 1. The Hall–Kier alpha value is -4.67. The highest BCUT2D eigenvalue weighted by Gasteiger charge is 2.34. The van der Waals surface area contributed by atoms with E-state index in [0.29, 0.717) is 41.5 Å². The lowest BCUT2D eigenvalue weighted by Gasteiger charge is -2.22. The van der Waals surface area contributed by atoms with Crippen LogP contribution >= 0.6 is 0 Å². The smallest absolute Gasteiger partial charge is 0.269 e. The zero-order valence-electron chi connectivity index (χ0n) is 20.0. The summed E-state index contributed by atoms with van der Waals surface area (Å²) < 4.78 is 6.31. The number of hydrogen-bond donors (Lipinski definition) is 3. The van der Waals surface area contributed by atoms with Crippen molar-refractivity contribution in [3.8, 4) is 17.0 Å². The van der Waals surface area contributed by atoms with Crippen LogP contribution in [0.3, 0.4) is 0 Å². The number of rotatable bonds is 7. The Labute approximate surface area is 207 Å². The quantitative estimate of drug-likeness (QED) is 0.339. The molecule has 1 unspecified atom stereocenters. The number of allylic oxidation sites excluding steroid dienone is 1. The molecular formula is C25H27N7O4. The minimum Gasteiger partial charge on any atom is -0.497 e. The maximum absolute atomic E-state index is 12.7. The van der Waals surface area contributed by atoms with Gasteiger partial charge in [-0.15, -0.1) is 0 Å². The second-order valence-corrected chi connectivity index (χ2v) is 8.20. The number of likely N-dealkylation sites (tertiary alicyclic amines) is 1. The van der Waals surface area contributed by atoms with E-state index in [1.54, 1.807) is 54.3 Å². The molecule has 1 aliphatic rings. The van der Waals surface area contributed by atoms with Crippen molar-refractivity contribution in [2.45, 2.75) is 25.8 Å². The number of aromatic nitrogens is 3. The number of nitrogens with one attached hydrogen (secondary N) is 1. The molecule has 1 saturated heterocycles. The first-order chi connectivity index (χ1) is 17.3. The van der Waals surface area contributed by atoms with Crippen molar-refractivity contribution >= 4 is 23.5 Å². The number of ether oxygens (including phenoxy) is 1. The minimum absolute atomic E-state index is 0.0214. The average Bonchev–Trinajstić information content (AvgIpc) is 3.49. The first kappa shape index (κ1) is 24.5. The third kappa shape index (κ3) is 4.76. The molecule has 1 fully saturated rings. The molecule has 1 aromatic carbocycles. The number of imidazole rings is 1. The fraction of sp³-hybridized carbons (Fsp3) is 0.240. The first-order valence-corrected chi connectivity index (χ1v) is 11.4. The van der Waals surface area contributed by atoms with E-state index in [1.807, 2.05) is 0 Å². The number of nitrogen functional groups attached to an aromatic ring is 1. The van der Waals surface area contributed by atoms with Crippen molar-refractivity contribution in [3.05, 3.63) is 71.8 Å². The standard InChI is InChI=1S/C25H27N7O4/c1-3-5-20(33)31-13-4-6-18(31)24-30-21(22(23(26)34)32(24)27)15-7-9-16(10-8-15)25(35)29-19-14-17(36-2)11-12-28-19/h3,5,7-12,14,18H,4,6,13,27H2,1-2H3,(H2,26,34)(H,28,29,35)/b5-3+. The number of methoxy groups -OCH3 is 1. The van der Waals surface area contributed by atoms with Crippen LogP contribution in [0.15, 0.2) is 54.7 Å². The molecule has 0 bridgehead atoms. The van der Waals surface area contributed by atoms with Gasteiger partial charge in [0.15, 0.2) is 11.5 Å². The zero-order chi connectivity index (χ0) is 25.8. The van der Waals surface area contributed by atoms with Gasteiger partial charge in [-0.1, -0.05) is 18.2 Å². The normalized spacial score (nSPS) is 15.3. The molecule has 11 heteroatoms. The molecule has 0 aliphatic carbocycles. The fourth-order valence-corrected chi connectivity index (χ4v) is 4.23. The lowest BCUT2D eigenvalue weighted by molar-refractivity contribution is -0.127. The molecular weight excluding hydrogens is 462 g/mol. The maximum Gasteiger partial charge on any atom is 0.269 e. The van der Waals surface area contributed by atoms with Crippen molar-refractivity contribution in [1.29, 1.82) is 0 Å². The van der Waals surface area contributed by atoms with Gasteiger partial charge in [-0.05, 0) is 44.0 Å². The number of carbonyl (C=O) groups is 3. The van der Waals surface area contributed by atoms with Crippen molar-refractivity contribution < 1.29 is 19.1 Å². The number of amides is 3. The Balaban J connectivity index is 1.62. The number of nitrogens with two attached hydrogens (primary N) is 2. The van der Waals surface area contributed by atoms with Gasteiger partial charge in [0.25, 0.3) is 11.8 Å². The summed E-state index contributed by atoms with van der Waals surface area (Å²) in [5, 5.41) is 2.71. The molecule has 3 aromatic rings. The lowest BCUT2D eigenvalue weighted by atomic mass is 10.1. The monoisotopic (exact) mass is 489 g/mol. The van der Waals surface area contributed by atoms with E-state index in [4.69, 9.17) is 16.3 Å². The topological polar surface area (TPSA) is 158 Å². The van der Waals surface area contributed by atoms with Crippen LogP contribution < -0.4 is 21.6 Å². The highest BCUT2D eigenvalue weighted by molar-refractivity contribution is 6.04. The molecule has 5 N–H and O–H groups in total. The molecule has 0 radical (unpaired) electrons. The molecule has 2 aromatic heterocycles. The summed E-state index contributed by atoms with van der Waals surface area (Å²) in [6.07, 6.45) is 6.14. The predicted molar refractivity (Wildman–Crippen MR) is 134 cm³/mol. The summed E-state index contributed by atoms with van der Waals surface area (Å²) in [4.78, 5) is 47.9. The highest BCUT2D eigenvalue weighted by Crippen LogP contribution is 2.34. The molecule has 186 valence electrons. The number of hydrogen-bond acceptors (Lipinski definition) is 7. The number of anilines is 1. The van der Waals surface area contributed by atoms with Gasteiger partial charge < -0.3 is 26.5 Å². The summed E-state index contributed by atoms with van der Waals surface area (Å²) in [5.41, 5.74) is 6.87. The second kappa shape index (κ2) is 10.3. The van der Waals surface area contributed by atoms with Crippen molar-refractivity contribution in [3.63, 3.8) is 0 Å². The van der Waals surface area contributed by atoms with E-state index in [1.165, 1.54) is 24.1 Å². The van der Waals surface area contributed by atoms with E-state index in [0.717, 1.165) is 6.42 Å². The van der Waals surface area contributed by atoms with Gasteiger partial charge in [0.05, 0.1) is 13.2 Å². The van der Waals surface area contributed by atoms with Gasteiger partial charge in [0.2, 0.25) is 5.91 Å². The van der Waals surface area contributed by atoms with E-state index >= 15 is 0 Å². The molecule has 1 atom stereocenters. The van der Waals surface area contributed by atoms with Gasteiger partial charge in [0, 0.05) is 29.9 Å². The molecule has 1 aliphatic heterocycles. The van der Waals surface area contributed by atoms with Crippen molar-refractivity contribution in [2.24, 2.45) is 5.73 Å². The fourth-order valence-electron chi connectivity index (χ4n) is 4.23. The molecule has 0 saturated carbocycles. The van der Waals surface area contributed by atoms with Crippen LogP contribution in [0.2, 0.25) is 0 Å². The summed E-state index contributed by atoms with van der Waals surface area (Å²) in [5.74, 6) is 6.29. The third-order valence-electron chi connectivity index (χ3n) is 5.94. The average molecular weight is 490 g/mol. The van der Waals surface area contributed by atoms with E-state index in [9.17, 15) is 14.4 Å². The summed E-state index contributed by atoms with van der Waals surface area (Å²) in [6.45, 7) is 2.33. The Morgan fingerprint density at radius 2 is 1.94 bits per heavy atom. The summed E-state index contributed by atoms with van der Waals surface area (Å²) in [6, 6.07) is 9.41. The lowest BCUT2D eigenvalue weighted by Crippen LogP contribution is -2.33. The second-order valence-electron chi connectivity index (χ2n) is 8.20. The van der Waals surface area contributed by atoms with Crippen LogP contribution in [-0.4, -0.2) is 50.9 Å². The van der Waals surface area contributed by atoms with Crippen LogP contribution in [0.25, 0.3) is 11.3 Å². The van der Waals surface area contributed by atoms with Gasteiger partial charge in [0.1, 0.15) is 17.3 Å². The number of carbonyl (C=O) groups excluding carboxylic acids is 3. The molecule has 36 heavy (non-hydrogen) atoms. The van der Waals surface area contributed by atoms with Gasteiger partial charge in [-0.3, -0.25) is 14.4 Å². The van der Waals surface area contributed by atoms with E-state index in [-0.39, 0.29) is 29.2 Å². The molecule has 0 spiro atoms. The Morgan fingerprint density at radius 3 is 2.61 bits per heavy atom. The van der Waals surface area contributed by atoms with Crippen LogP contribution in [0, 0.1) is 0 Å². The zero-order valence-corrected chi connectivity index (χ0v) is 20.0. The number of nitrogens with zero attached hydrogens (tertiary/aromatic N) is 4. The van der Waals surface area contributed by atoms with Gasteiger partial charge >= 0.3 is 0 Å². The van der Waals surface area contributed by atoms with Gasteiger partial charge in [-0.25, -0.2) is 14.6 Å². The van der Waals surface area contributed by atoms with E-state index in [2.05, 4.69) is 15.3 Å². The van der Waals surface area contributed by atoms with Crippen LogP contribution in [0.4, 0.5) is 5.82 Å². The highest BCUT2D eigenvalue weighted by atomic mass is 16.5. The number of benzene rings is 1. The summed E-state index contributed by atoms with van der Waals surface area (Å²) in [7, 11) is 1.53. The maximum atomic E-state index is 12.7. The van der Waals surface area contributed by atoms with Crippen molar-refractivity contribution in [1.82, 2.24) is 19.5 Å². The molecule has 4 rings (SSSR count). The van der Waals surface area contributed by atoms with Crippen molar-refractivity contribution in [2.75, 3.05) is 24.8 Å². The molecule has 3 amide bonds. The van der Waals surface area contributed by atoms with E-state index < -0.39 is 5.91 Å². The predicted octanol–water partition coefficient (Wildman–Crippen LogP) is 2.26. The Bertz CT molecular complexity index is 1330. The summed E-state index contributed by atoms with van der Waals surface area (Å²) >= 11 is 0. The van der Waals surface area contributed by atoms with Gasteiger partial charge in [-0.2, -0.15) is 0 Å². The Morgan fingerprint density at radius 1 is 1.19 bits per heavy atom.